The molecule has 4 aromatic rings. The Bertz CT molecular complexity index is 1310. The van der Waals surface area contributed by atoms with Crippen molar-refractivity contribution >= 4 is 31.9 Å². The summed E-state index contributed by atoms with van der Waals surface area (Å²) < 4.78 is 0. The normalized spacial score (nSPS) is 10.4. The maximum Gasteiger partial charge on any atom is 0.0286 e. The minimum atomic E-state index is 0.535. The first-order chi connectivity index (χ1) is 18.6. The van der Waals surface area contributed by atoms with Crippen LogP contribution in [-0.4, -0.2) is 0 Å². The van der Waals surface area contributed by atoms with Gasteiger partial charge < -0.3 is 0 Å². The van der Waals surface area contributed by atoms with Crippen LogP contribution in [0.25, 0.3) is 11.1 Å². The van der Waals surface area contributed by atoms with E-state index in [4.69, 9.17) is 0 Å². The highest BCUT2D eigenvalue weighted by Crippen LogP contribution is 2.34. The Morgan fingerprint density at radius 2 is 1.00 bits per heavy atom. The fourth-order valence-corrected chi connectivity index (χ4v) is 5.91. The first-order valence-corrected chi connectivity index (χ1v) is 15.8. The molecule has 39 heavy (non-hydrogen) atoms. The minimum absolute atomic E-state index is 0.535. The fourth-order valence-electron chi connectivity index (χ4n) is 4.95. The van der Waals surface area contributed by atoms with Gasteiger partial charge in [-0.1, -0.05) is 135 Å². The van der Waals surface area contributed by atoms with Crippen LogP contribution in [0.4, 0.5) is 0 Å². The summed E-state index contributed by atoms with van der Waals surface area (Å²) in [7, 11) is 0. The lowest BCUT2D eigenvalue weighted by Crippen LogP contribution is -2.01. The zero-order chi connectivity index (χ0) is 29.1. The SMILES string of the molecule is C=C.Cc1ccc(C)cc1.Cc1ccc(Cc2c(C)cc(-c3cc(C)c(C(C)C)c(CBr)c3)cc2CBr)cc1. The van der Waals surface area contributed by atoms with E-state index in [-0.39, 0.29) is 0 Å². The number of aryl methyl sites for hydroxylation is 5. The van der Waals surface area contributed by atoms with E-state index in [9.17, 15) is 0 Å². The molecule has 0 aliphatic carbocycles. The van der Waals surface area contributed by atoms with Crippen molar-refractivity contribution in [3.05, 3.63) is 142 Å². The molecule has 0 amide bonds. The molecule has 0 N–H and O–H groups in total. The van der Waals surface area contributed by atoms with E-state index in [0.717, 1.165) is 17.1 Å². The Morgan fingerprint density at radius 1 is 0.590 bits per heavy atom. The fraction of sp³-hybridized carbons (Fsp3) is 0.297. The third-order valence-electron chi connectivity index (χ3n) is 6.96. The van der Waals surface area contributed by atoms with Gasteiger partial charge >= 0.3 is 0 Å². The molecule has 0 radical (unpaired) electrons. The van der Waals surface area contributed by atoms with Gasteiger partial charge in [-0.2, -0.15) is 0 Å². The molecule has 0 aliphatic heterocycles. The highest BCUT2D eigenvalue weighted by molar-refractivity contribution is 9.08. The molecule has 4 rings (SSSR count). The molecular weight excluding hydrogens is 604 g/mol. The molecule has 0 atom stereocenters. The van der Waals surface area contributed by atoms with E-state index in [2.05, 4.69) is 166 Å². The second-order valence-electron chi connectivity index (χ2n) is 10.5. The summed E-state index contributed by atoms with van der Waals surface area (Å²) >= 11 is 7.45. The van der Waals surface area contributed by atoms with Gasteiger partial charge in [-0.3, -0.25) is 0 Å². The number of halogens is 2. The number of benzene rings is 4. The van der Waals surface area contributed by atoms with Gasteiger partial charge in [-0.25, -0.2) is 0 Å². The molecule has 4 aromatic carbocycles. The second kappa shape index (κ2) is 16.0. The Balaban J connectivity index is 0.000000451. The maximum absolute atomic E-state index is 3.74. The molecule has 0 aromatic heterocycles. The second-order valence-corrected chi connectivity index (χ2v) is 11.7. The lowest BCUT2D eigenvalue weighted by atomic mass is 9.87. The Morgan fingerprint density at radius 3 is 1.44 bits per heavy atom. The van der Waals surface area contributed by atoms with Gasteiger partial charge in [0.05, 0.1) is 0 Å². The van der Waals surface area contributed by atoms with E-state index in [1.165, 1.54) is 66.8 Å². The molecule has 0 nitrogen and oxygen atoms in total. The van der Waals surface area contributed by atoms with Gasteiger partial charge in [0.1, 0.15) is 0 Å². The van der Waals surface area contributed by atoms with Gasteiger partial charge in [-0.05, 0) is 97.0 Å². The van der Waals surface area contributed by atoms with Crippen LogP contribution in [0.5, 0.6) is 0 Å². The minimum Gasteiger partial charge on any atom is -0.106 e. The summed E-state index contributed by atoms with van der Waals surface area (Å²) in [5, 5.41) is 1.77. The smallest absolute Gasteiger partial charge is 0.0286 e. The predicted molar refractivity (Wildman–Crippen MR) is 182 cm³/mol. The summed E-state index contributed by atoms with van der Waals surface area (Å²) in [5.41, 5.74) is 16.4. The average molecular weight is 649 g/mol. The average Bonchev–Trinajstić information content (AvgIpc) is 2.93. The van der Waals surface area contributed by atoms with Crippen LogP contribution >= 0.6 is 31.9 Å². The van der Waals surface area contributed by atoms with Crippen LogP contribution in [0, 0.1) is 34.6 Å². The van der Waals surface area contributed by atoms with Gasteiger partial charge in [0.25, 0.3) is 0 Å². The Kier molecular flexibility index (Phi) is 13.4. The molecule has 0 saturated carbocycles. The van der Waals surface area contributed by atoms with Crippen molar-refractivity contribution in [3.8, 4) is 11.1 Å². The van der Waals surface area contributed by atoms with E-state index in [0.29, 0.717) is 5.92 Å². The van der Waals surface area contributed by atoms with Crippen LogP contribution in [0.2, 0.25) is 0 Å². The van der Waals surface area contributed by atoms with Gasteiger partial charge in [0.2, 0.25) is 0 Å². The lowest BCUT2D eigenvalue weighted by molar-refractivity contribution is 0.845. The molecule has 0 unspecified atom stereocenters. The summed E-state index contributed by atoms with van der Waals surface area (Å²) in [6.07, 6.45) is 0.977. The lowest BCUT2D eigenvalue weighted by Gasteiger charge is -2.19. The number of alkyl halides is 2. The van der Waals surface area contributed by atoms with Crippen molar-refractivity contribution < 1.29 is 0 Å². The molecule has 0 aliphatic rings. The van der Waals surface area contributed by atoms with Crippen LogP contribution in [0.3, 0.4) is 0 Å². The van der Waals surface area contributed by atoms with Crippen molar-refractivity contribution in [1.29, 1.82) is 0 Å². The van der Waals surface area contributed by atoms with E-state index in [1.54, 1.807) is 0 Å². The Hall–Kier alpha value is -2.42. The van der Waals surface area contributed by atoms with E-state index >= 15 is 0 Å². The highest BCUT2D eigenvalue weighted by Gasteiger charge is 2.14. The zero-order valence-electron chi connectivity index (χ0n) is 24.8. The topological polar surface area (TPSA) is 0 Å². The number of rotatable bonds is 6. The van der Waals surface area contributed by atoms with Crippen LogP contribution in [0.15, 0.2) is 86.0 Å². The van der Waals surface area contributed by atoms with Crippen molar-refractivity contribution in [1.82, 2.24) is 0 Å². The quantitative estimate of drug-likeness (QED) is 0.144. The maximum atomic E-state index is 3.74. The first-order valence-electron chi connectivity index (χ1n) is 13.6. The molecule has 2 heteroatoms. The van der Waals surface area contributed by atoms with Crippen LogP contribution < -0.4 is 0 Å². The summed E-state index contributed by atoms with van der Waals surface area (Å²) in [5.74, 6) is 0.535. The monoisotopic (exact) mass is 646 g/mol. The van der Waals surface area contributed by atoms with Crippen molar-refractivity contribution in [2.45, 2.75) is 71.5 Å². The van der Waals surface area contributed by atoms with Gasteiger partial charge in [0, 0.05) is 10.7 Å². The summed E-state index contributed by atoms with van der Waals surface area (Å²) in [6.45, 7) is 21.4. The first kappa shape index (κ1) is 32.8. The van der Waals surface area contributed by atoms with Crippen LogP contribution in [-0.2, 0) is 17.1 Å². The van der Waals surface area contributed by atoms with Crippen molar-refractivity contribution in [2.24, 2.45) is 0 Å². The predicted octanol–water partition coefficient (Wildman–Crippen LogP) is 11.9. The molecule has 0 heterocycles. The van der Waals surface area contributed by atoms with Gasteiger partial charge in [-0.15, -0.1) is 13.2 Å². The molecule has 0 bridgehead atoms. The van der Waals surface area contributed by atoms with Crippen molar-refractivity contribution in [2.75, 3.05) is 0 Å². The molecular formula is C37H44Br2. The Labute approximate surface area is 254 Å². The standard InChI is InChI=1S/C27H30Br2.C8H10.C2H4/c1-17(2)27-20(5)11-23(14-25(27)16-29)22-10-19(4)26(24(13-22)15-28)12-21-8-6-18(3)7-9-21;1-7-3-5-8(2)6-4-7;1-2/h6-11,13-14,17H,12,15-16H2,1-5H3;3-6H,1-2H3;1-2H2. The number of hydrogen-bond acceptors (Lipinski definition) is 0. The summed E-state index contributed by atoms with van der Waals surface area (Å²) in [4.78, 5) is 0. The third kappa shape index (κ3) is 9.33. The van der Waals surface area contributed by atoms with E-state index in [1.807, 2.05) is 0 Å². The van der Waals surface area contributed by atoms with E-state index < -0.39 is 0 Å². The van der Waals surface area contributed by atoms with Crippen molar-refractivity contribution in [3.63, 3.8) is 0 Å². The highest BCUT2D eigenvalue weighted by atomic mass is 79.9. The third-order valence-corrected chi connectivity index (χ3v) is 8.16. The molecule has 0 fully saturated rings. The largest absolute Gasteiger partial charge is 0.106 e. The molecule has 0 spiro atoms. The number of hydrogen-bond donors (Lipinski definition) is 0. The molecule has 0 saturated heterocycles. The zero-order valence-corrected chi connectivity index (χ0v) is 28.0. The molecule has 206 valence electrons. The van der Waals surface area contributed by atoms with Gasteiger partial charge in [0.15, 0.2) is 0 Å². The summed E-state index contributed by atoms with van der Waals surface area (Å²) in [6, 6.07) is 26.8. The van der Waals surface area contributed by atoms with Crippen LogP contribution in [0.1, 0.15) is 75.4 Å².